The Kier molecular flexibility index (Phi) is 6.18. The number of rotatable bonds is 5. The fourth-order valence-electron chi connectivity index (χ4n) is 4.49. The van der Waals surface area contributed by atoms with Crippen molar-refractivity contribution in [1.29, 1.82) is 0 Å². The number of anilines is 1. The van der Waals surface area contributed by atoms with Crippen LogP contribution in [0, 0.1) is 5.41 Å². The number of carbonyl (C=O) groups is 1. The summed E-state index contributed by atoms with van der Waals surface area (Å²) in [6.07, 6.45) is 10.2. The molecule has 0 fully saturated rings. The van der Waals surface area contributed by atoms with E-state index in [4.69, 9.17) is 4.42 Å². The van der Waals surface area contributed by atoms with Gasteiger partial charge in [-0.2, -0.15) is 0 Å². The van der Waals surface area contributed by atoms with Crippen molar-refractivity contribution in [3.8, 4) is 0 Å². The Morgan fingerprint density at radius 2 is 1.88 bits per heavy atom. The number of fused-ring (bicyclic) bond motifs is 1. The third-order valence-electron chi connectivity index (χ3n) is 6.26. The second-order valence-electron chi connectivity index (χ2n) is 9.37. The van der Waals surface area contributed by atoms with E-state index >= 15 is 0 Å². The number of furan rings is 1. The van der Waals surface area contributed by atoms with Gasteiger partial charge in [-0.15, -0.1) is 0 Å². The minimum Gasteiger partial charge on any atom is -0.457 e. The van der Waals surface area contributed by atoms with Gasteiger partial charge in [-0.3, -0.25) is 4.79 Å². The summed E-state index contributed by atoms with van der Waals surface area (Å²) in [5.74, 6) is 0.640. The Balaban J connectivity index is 1.52. The lowest BCUT2D eigenvalue weighted by atomic mass is 9.72. The molecule has 1 aromatic heterocycles. The summed E-state index contributed by atoms with van der Waals surface area (Å²) in [4.78, 5) is 12.6. The van der Waals surface area contributed by atoms with Crippen LogP contribution in [0.15, 0.2) is 87.9 Å². The van der Waals surface area contributed by atoms with E-state index in [-0.39, 0.29) is 11.3 Å². The summed E-state index contributed by atoms with van der Waals surface area (Å²) in [5, 5.41) is 3.90. The number of carbonyl (C=O) groups excluding carboxylic acids is 1. The predicted octanol–water partition coefficient (Wildman–Crippen LogP) is 8.17. The molecule has 3 heteroatoms. The van der Waals surface area contributed by atoms with Crippen molar-refractivity contribution in [2.24, 2.45) is 5.41 Å². The molecular weight excluding hydrogens is 394 g/mol. The molecule has 4 rings (SSSR count). The molecule has 1 N–H and O–H groups in total. The fourth-order valence-corrected chi connectivity index (χ4v) is 4.49. The lowest BCUT2D eigenvalue weighted by molar-refractivity contribution is 0.102. The lowest BCUT2D eigenvalue weighted by Gasteiger charge is -2.32. The monoisotopic (exact) mass is 425 g/mol. The molecule has 0 radical (unpaired) electrons. The Morgan fingerprint density at radius 1 is 1.09 bits per heavy atom. The summed E-state index contributed by atoms with van der Waals surface area (Å²) >= 11 is 0. The third kappa shape index (κ3) is 4.94. The SMILES string of the molecule is CC1=C(C=C/C(C)=C/c2cc3ccc(C(=O)Nc4ccccc4)cc3o2)C(C)(C)CCC1. The molecule has 0 aliphatic heterocycles. The molecule has 1 aliphatic rings. The molecular formula is C29H31NO2. The van der Waals surface area contributed by atoms with Gasteiger partial charge in [0.2, 0.25) is 0 Å². The molecule has 3 aromatic rings. The Labute approximate surface area is 190 Å². The number of hydrogen-bond donors (Lipinski definition) is 1. The van der Waals surface area contributed by atoms with Crippen molar-refractivity contribution < 1.29 is 9.21 Å². The first-order valence-electron chi connectivity index (χ1n) is 11.3. The van der Waals surface area contributed by atoms with E-state index in [0.29, 0.717) is 11.1 Å². The van der Waals surface area contributed by atoms with Gasteiger partial charge in [0.05, 0.1) is 0 Å². The summed E-state index contributed by atoms with van der Waals surface area (Å²) in [6, 6.07) is 17.0. The normalized spacial score (nSPS) is 16.7. The summed E-state index contributed by atoms with van der Waals surface area (Å²) < 4.78 is 6.03. The average Bonchev–Trinajstić information content (AvgIpc) is 3.15. The van der Waals surface area contributed by atoms with Crippen LogP contribution in [0.5, 0.6) is 0 Å². The van der Waals surface area contributed by atoms with E-state index in [1.54, 1.807) is 6.07 Å². The number of hydrogen-bond acceptors (Lipinski definition) is 2. The first kappa shape index (κ1) is 21.9. The van der Waals surface area contributed by atoms with E-state index < -0.39 is 0 Å². The molecule has 0 spiro atoms. The Bertz CT molecular complexity index is 1220. The number of allylic oxidation sites excluding steroid dienone is 5. The Morgan fingerprint density at radius 3 is 2.62 bits per heavy atom. The van der Waals surface area contributed by atoms with E-state index in [0.717, 1.165) is 22.4 Å². The Hall–Kier alpha value is -3.33. The zero-order valence-corrected chi connectivity index (χ0v) is 19.4. The van der Waals surface area contributed by atoms with Crippen molar-refractivity contribution in [2.75, 3.05) is 5.32 Å². The highest BCUT2D eigenvalue weighted by Gasteiger charge is 2.26. The largest absolute Gasteiger partial charge is 0.457 e. The maximum absolute atomic E-state index is 12.6. The number of benzene rings is 2. The summed E-state index contributed by atoms with van der Waals surface area (Å²) in [7, 11) is 0. The molecule has 0 bridgehead atoms. The van der Waals surface area contributed by atoms with Gasteiger partial charge in [0, 0.05) is 16.6 Å². The molecule has 32 heavy (non-hydrogen) atoms. The van der Waals surface area contributed by atoms with Gasteiger partial charge < -0.3 is 9.73 Å². The maximum atomic E-state index is 12.6. The number of amides is 1. The van der Waals surface area contributed by atoms with Gasteiger partial charge in [-0.1, -0.05) is 55.8 Å². The molecule has 0 unspecified atom stereocenters. The van der Waals surface area contributed by atoms with E-state index in [1.807, 2.05) is 54.6 Å². The molecule has 0 saturated heterocycles. The van der Waals surface area contributed by atoms with Crippen LogP contribution in [0.1, 0.15) is 63.1 Å². The van der Waals surface area contributed by atoms with Gasteiger partial charge in [0.15, 0.2) is 0 Å². The fraction of sp³-hybridized carbons (Fsp3) is 0.276. The van der Waals surface area contributed by atoms with Crippen LogP contribution >= 0.6 is 0 Å². The minimum atomic E-state index is -0.149. The van der Waals surface area contributed by atoms with Crippen LogP contribution in [-0.4, -0.2) is 5.91 Å². The predicted molar refractivity (Wildman–Crippen MR) is 134 cm³/mol. The highest BCUT2D eigenvalue weighted by Crippen LogP contribution is 2.40. The topological polar surface area (TPSA) is 42.2 Å². The van der Waals surface area contributed by atoms with Crippen LogP contribution in [0.25, 0.3) is 17.0 Å². The third-order valence-corrected chi connectivity index (χ3v) is 6.26. The highest BCUT2D eigenvalue weighted by molar-refractivity contribution is 6.06. The standard InChI is InChI=1S/C29H31NO2/c1-20(12-15-26-21(2)9-8-16-29(26,3)4)17-25-18-22-13-14-23(19-27(22)32-25)28(31)30-24-10-6-5-7-11-24/h5-7,10-15,17-19H,8-9,16H2,1-4H3,(H,30,31)/b15-12?,20-17+. The second-order valence-corrected chi connectivity index (χ2v) is 9.37. The second kappa shape index (κ2) is 9.04. The van der Waals surface area contributed by atoms with Gasteiger partial charge in [-0.25, -0.2) is 0 Å². The van der Waals surface area contributed by atoms with Crippen molar-refractivity contribution in [3.63, 3.8) is 0 Å². The first-order chi connectivity index (χ1) is 15.3. The molecule has 1 heterocycles. The van der Waals surface area contributed by atoms with Crippen LogP contribution in [0.3, 0.4) is 0 Å². The zero-order valence-electron chi connectivity index (χ0n) is 19.4. The molecule has 1 amide bonds. The van der Waals surface area contributed by atoms with Crippen molar-refractivity contribution in [2.45, 2.75) is 47.0 Å². The first-order valence-corrected chi connectivity index (χ1v) is 11.3. The van der Waals surface area contributed by atoms with E-state index in [1.165, 1.54) is 30.4 Å². The molecule has 2 aromatic carbocycles. The van der Waals surface area contributed by atoms with Crippen LogP contribution in [-0.2, 0) is 0 Å². The van der Waals surface area contributed by atoms with Crippen LogP contribution in [0.4, 0.5) is 5.69 Å². The lowest BCUT2D eigenvalue weighted by Crippen LogP contribution is -2.19. The molecule has 3 nitrogen and oxygen atoms in total. The highest BCUT2D eigenvalue weighted by atomic mass is 16.3. The van der Waals surface area contributed by atoms with Crippen molar-refractivity contribution in [1.82, 2.24) is 0 Å². The summed E-state index contributed by atoms with van der Waals surface area (Å²) in [6.45, 7) is 9.01. The maximum Gasteiger partial charge on any atom is 0.255 e. The molecule has 0 atom stereocenters. The van der Waals surface area contributed by atoms with Gasteiger partial charge >= 0.3 is 0 Å². The van der Waals surface area contributed by atoms with Crippen molar-refractivity contribution >= 4 is 28.6 Å². The summed E-state index contributed by atoms with van der Waals surface area (Å²) in [5.41, 5.74) is 6.37. The quantitative estimate of drug-likeness (QED) is 0.419. The molecule has 0 saturated carbocycles. The molecule has 164 valence electrons. The minimum absolute atomic E-state index is 0.149. The van der Waals surface area contributed by atoms with Crippen LogP contribution < -0.4 is 5.32 Å². The average molecular weight is 426 g/mol. The van der Waals surface area contributed by atoms with E-state index in [9.17, 15) is 4.79 Å². The molecule has 1 aliphatic carbocycles. The zero-order chi connectivity index (χ0) is 22.7. The smallest absolute Gasteiger partial charge is 0.255 e. The van der Waals surface area contributed by atoms with E-state index in [2.05, 4.69) is 45.2 Å². The van der Waals surface area contributed by atoms with Gasteiger partial charge in [0.1, 0.15) is 11.3 Å². The number of para-hydroxylation sites is 1. The van der Waals surface area contributed by atoms with Crippen molar-refractivity contribution in [3.05, 3.63) is 94.8 Å². The van der Waals surface area contributed by atoms with Gasteiger partial charge in [-0.05, 0) is 86.1 Å². The van der Waals surface area contributed by atoms with Gasteiger partial charge in [0.25, 0.3) is 5.91 Å². The number of nitrogens with one attached hydrogen (secondary N) is 1. The van der Waals surface area contributed by atoms with Crippen LogP contribution in [0.2, 0.25) is 0 Å².